The average molecular weight is 431 g/mol. The lowest BCUT2D eigenvalue weighted by Crippen LogP contribution is -2.60. The number of rotatable bonds is 6. The topological polar surface area (TPSA) is 18.5 Å². The smallest absolute Gasteiger partial charge is 0.337 e. The Morgan fingerprint density at radius 2 is 1.65 bits per heavy atom. The van der Waals surface area contributed by atoms with Gasteiger partial charge in [-0.3, -0.25) is 0 Å². The molecule has 0 aromatic heterocycles. The molecule has 0 heterocycles. The number of benzene rings is 2. The fourth-order valence-electron chi connectivity index (χ4n) is 5.20. The van der Waals surface area contributed by atoms with E-state index in [1.54, 1.807) is 7.11 Å². The molecule has 2 aliphatic carbocycles. The SMILES string of the molecule is COCC#C[Si](OCC1=CCC2CC1CCC2(C)C)(c1ccccc1)c1ccccc1. The highest BCUT2D eigenvalue weighted by atomic mass is 28.4. The van der Waals surface area contributed by atoms with Gasteiger partial charge in [-0.25, -0.2) is 0 Å². The molecular formula is C28H34O2Si. The maximum Gasteiger partial charge on any atom is 0.337 e. The Balaban J connectivity index is 1.68. The zero-order valence-corrected chi connectivity index (χ0v) is 20.1. The summed E-state index contributed by atoms with van der Waals surface area (Å²) < 4.78 is 12.2. The summed E-state index contributed by atoms with van der Waals surface area (Å²) in [6.45, 7) is 5.98. The second-order valence-corrected chi connectivity index (χ2v) is 12.7. The molecule has 0 radical (unpaired) electrons. The third-order valence-electron chi connectivity index (χ3n) is 7.30. The lowest BCUT2D eigenvalue weighted by Gasteiger charge is -2.46. The molecule has 0 spiro atoms. The van der Waals surface area contributed by atoms with E-state index in [9.17, 15) is 0 Å². The molecule has 2 bridgehead atoms. The third kappa shape index (κ3) is 4.72. The van der Waals surface area contributed by atoms with E-state index in [4.69, 9.17) is 9.16 Å². The molecule has 0 amide bonds. The molecule has 1 saturated carbocycles. The highest BCUT2D eigenvalue weighted by Gasteiger charge is 2.42. The van der Waals surface area contributed by atoms with Crippen molar-refractivity contribution in [1.29, 1.82) is 0 Å². The number of ether oxygens (including phenoxy) is 1. The fraction of sp³-hybridized carbons (Fsp3) is 0.429. The van der Waals surface area contributed by atoms with E-state index < -0.39 is 8.32 Å². The molecule has 3 heteroatoms. The second kappa shape index (κ2) is 9.57. The first-order valence-corrected chi connectivity index (χ1v) is 13.4. The van der Waals surface area contributed by atoms with Crippen molar-refractivity contribution in [2.75, 3.05) is 20.3 Å². The minimum absolute atomic E-state index is 0.417. The zero-order valence-electron chi connectivity index (χ0n) is 19.1. The lowest BCUT2D eigenvalue weighted by atomic mass is 9.60. The number of methoxy groups -OCH3 is 1. The van der Waals surface area contributed by atoms with Gasteiger partial charge in [0.1, 0.15) is 6.61 Å². The van der Waals surface area contributed by atoms with Crippen molar-refractivity contribution < 1.29 is 9.16 Å². The van der Waals surface area contributed by atoms with E-state index in [-0.39, 0.29) is 0 Å². The molecule has 162 valence electrons. The first-order chi connectivity index (χ1) is 15.0. The van der Waals surface area contributed by atoms with Gasteiger partial charge in [0, 0.05) is 7.11 Å². The molecule has 2 aromatic rings. The van der Waals surface area contributed by atoms with Gasteiger partial charge in [-0.15, -0.1) is 0 Å². The van der Waals surface area contributed by atoms with Crippen LogP contribution >= 0.6 is 0 Å². The summed E-state index contributed by atoms with van der Waals surface area (Å²) >= 11 is 0. The Labute approximate surface area is 188 Å². The summed E-state index contributed by atoms with van der Waals surface area (Å²) in [5.74, 6) is 4.73. The highest BCUT2D eigenvalue weighted by molar-refractivity contribution is 7.03. The lowest BCUT2D eigenvalue weighted by molar-refractivity contribution is 0.0977. The largest absolute Gasteiger partial charge is 0.395 e. The van der Waals surface area contributed by atoms with Gasteiger partial charge in [0.05, 0.1) is 6.61 Å². The van der Waals surface area contributed by atoms with Gasteiger partial charge in [0.15, 0.2) is 0 Å². The number of fused-ring (bicyclic) bond motifs is 2. The first kappa shape index (κ1) is 22.1. The van der Waals surface area contributed by atoms with Crippen LogP contribution in [0.25, 0.3) is 0 Å². The van der Waals surface area contributed by atoms with E-state index in [1.165, 1.54) is 41.6 Å². The van der Waals surface area contributed by atoms with E-state index >= 15 is 0 Å². The summed E-state index contributed by atoms with van der Waals surface area (Å²) in [6.07, 6.45) is 7.57. The monoisotopic (exact) mass is 430 g/mol. The van der Waals surface area contributed by atoms with Gasteiger partial charge in [-0.05, 0) is 58.9 Å². The van der Waals surface area contributed by atoms with E-state index in [0.717, 1.165) is 5.92 Å². The predicted molar refractivity (Wildman–Crippen MR) is 131 cm³/mol. The maximum absolute atomic E-state index is 6.97. The van der Waals surface area contributed by atoms with E-state index in [1.807, 2.05) is 0 Å². The molecule has 0 aliphatic heterocycles. The summed E-state index contributed by atoms with van der Waals surface area (Å²) in [6, 6.07) is 21.2. The van der Waals surface area contributed by atoms with Crippen LogP contribution in [0.3, 0.4) is 0 Å². The van der Waals surface area contributed by atoms with Gasteiger partial charge in [0.2, 0.25) is 0 Å². The Kier molecular flexibility index (Phi) is 6.82. The quantitative estimate of drug-likeness (QED) is 0.375. The zero-order chi connectivity index (χ0) is 21.7. The number of hydrogen-bond donors (Lipinski definition) is 0. The van der Waals surface area contributed by atoms with Crippen molar-refractivity contribution in [3.8, 4) is 11.5 Å². The van der Waals surface area contributed by atoms with Crippen LogP contribution in [0.4, 0.5) is 0 Å². The highest BCUT2D eigenvalue weighted by Crippen LogP contribution is 2.49. The minimum atomic E-state index is -2.72. The Morgan fingerprint density at radius 1 is 1.00 bits per heavy atom. The maximum atomic E-state index is 6.97. The Morgan fingerprint density at radius 3 is 2.26 bits per heavy atom. The predicted octanol–water partition coefficient (Wildman–Crippen LogP) is 4.72. The molecule has 2 aliphatic rings. The fourth-order valence-corrected chi connectivity index (χ4v) is 8.26. The van der Waals surface area contributed by atoms with Crippen LogP contribution in [0.2, 0.25) is 0 Å². The van der Waals surface area contributed by atoms with Crippen LogP contribution in [0.1, 0.15) is 39.5 Å². The van der Waals surface area contributed by atoms with Gasteiger partial charge in [-0.1, -0.05) is 92.1 Å². The van der Waals surface area contributed by atoms with Crippen LogP contribution in [-0.4, -0.2) is 28.6 Å². The van der Waals surface area contributed by atoms with Crippen LogP contribution in [0, 0.1) is 28.7 Å². The molecular weight excluding hydrogens is 396 g/mol. The number of hydrogen-bond acceptors (Lipinski definition) is 2. The van der Waals surface area contributed by atoms with Crippen molar-refractivity contribution in [3.05, 3.63) is 72.3 Å². The van der Waals surface area contributed by atoms with Crippen molar-refractivity contribution in [2.24, 2.45) is 17.3 Å². The molecule has 2 nitrogen and oxygen atoms in total. The third-order valence-corrected chi connectivity index (χ3v) is 10.7. The number of allylic oxidation sites excluding steroid dienone is 1. The Hall–Kier alpha value is -2.12. The summed E-state index contributed by atoms with van der Waals surface area (Å²) in [5.41, 5.74) is 5.55. The van der Waals surface area contributed by atoms with Crippen LogP contribution in [0.5, 0.6) is 0 Å². The molecule has 1 fully saturated rings. The summed E-state index contributed by atoms with van der Waals surface area (Å²) in [7, 11) is -1.03. The standard InChI is InChI=1S/C28H34O2Si/c1-28(2)18-17-23-21-25(28)16-15-24(23)22-30-31(20-10-19-29-3,26-11-6-4-7-12-26)27-13-8-5-9-14-27/h4-9,11-15,23,25H,16-19,21-22H2,1-3H3. The average Bonchev–Trinajstić information content (AvgIpc) is 2.81. The minimum Gasteiger partial charge on any atom is -0.395 e. The molecule has 0 N–H and O–H groups in total. The van der Waals surface area contributed by atoms with Crippen molar-refractivity contribution in [3.63, 3.8) is 0 Å². The summed E-state index contributed by atoms with van der Waals surface area (Å²) in [4.78, 5) is 0. The molecule has 2 unspecified atom stereocenters. The van der Waals surface area contributed by atoms with Crippen LogP contribution in [-0.2, 0) is 9.16 Å². The van der Waals surface area contributed by atoms with Crippen LogP contribution in [0.15, 0.2) is 72.3 Å². The van der Waals surface area contributed by atoms with E-state index in [0.29, 0.717) is 24.5 Å². The van der Waals surface area contributed by atoms with E-state index in [2.05, 4.69) is 92.1 Å². The van der Waals surface area contributed by atoms with Gasteiger partial charge >= 0.3 is 8.32 Å². The molecule has 31 heavy (non-hydrogen) atoms. The van der Waals surface area contributed by atoms with Crippen molar-refractivity contribution in [2.45, 2.75) is 39.5 Å². The first-order valence-electron chi connectivity index (χ1n) is 11.5. The normalized spacial score (nSPS) is 22.2. The molecule has 2 atom stereocenters. The second-order valence-electron chi connectivity index (χ2n) is 9.61. The summed E-state index contributed by atoms with van der Waals surface area (Å²) in [5, 5.41) is 2.40. The van der Waals surface area contributed by atoms with Gasteiger partial charge in [-0.2, -0.15) is 0 Å². The van der Waals surface area contributed by atoms with Crippen LogP contribution < -0.4 is 10.4 Å². The molecule has 4 rings (SSSR count). The Bertz CT molecular complexity index is 913. The molecule has 0 saturated heterocycles. The molecule has 2 aromatic carbocycles. The van der Waals surface area contributed by atoms with Gasteiger partial charge < -0.3 is 9.16 Å². The van der Waals surface area contributed by atoms with Crippen molar-refractivity contribution >= 4 is 18.7 Å². The van der Waals surface area contributed by atoms with Gasteiger partial charge in [0.25, 0.3) is 0 Å². The van der Waals surface area contributed by atoms with Crippen molar-refractivity contribution in [1.82, 2.24) is 0 Å².